The molecule has 0 saturated carbocycles. The van der Waals surface area contributed by atoms with Crippen LogP contribution >= 0.6 is 0 Å². The zero-order valence-corrected chi connectivity index (χ0v) is 36.6. The van der Waals surface area contributed by atoms with Crippen LogP contribution in [0.2, 0.25) is 0 Å². The van der Waals surface area contributed by atoms with Crippen LogP contribution in [-0.2, 0) is 47.9 Å². The van der Waals surface area contributed by atoms with Gasteiger partial charge in [-0.2, -0.15) is 0 Å². The molecule has 5 heterocycles. The number of rotatable bonds is 22. The Hall–Kier alpha value is -4.98. The molecule has 0 unspecified atom stereocenters. The summed E-state index contributed by atoms with van der Waals surface area (Å²) in [7, 11) is 3.30. The van der Waals surface area contributed by atoms with Crippen LogP contribution in [-0.4, -0.2) is 103 Å². The van der Waals surface area contributed by atoms with Crippen LogP contribution in [0.4, 0.5) is 0 Å². The summed E-state index contributed by atoms with van der Waals surface area (Å²) < 4.78 is 44.4. The molecule has 0 radical (unpaired) electrons. The molecule has 3 aromatic heterocycles. The van der Waals surface area contributed by atoms with E-state index in [-0.39, 0.29) is 19.5 Å². The molecule has 0 spiro atoms. The van der Waals surface area contributed by atoms with E-state index in [0.29, 0.717) is 79.3 Å². The van der Waals surface area contributed by atoms with Gasteiger partial charge in [-0.05, 0) is 70.8 Å². The van der Waals surface area contributed by atoms with Gasteiger partial charge in [0.1, 0.15) is 24.7 Å². The Kier molecular flexibility index (Phi) is 17.0. The fourth-order valence-corrected chi connectivity index (χ4v) is 6.40. The summed E-state index contributed by atoms with van der Waals surface area (Å²) in [6, 6.07) is 28.0. The van der Waals surface area contributed by atoms with Gasteiger partial charge < -0.3 is 47.9 Å². The average molecular weight is 850 g/mol. The van der Waals surface area contributed by atoms with E-state index in [1.54, 1.807) is 14.2 Å². The second-order valence-electron chi connectivity index (χ2n) is 13.2. The second kappa shape index (κ2) is 23.0. The fraction of sp³-hybridized carbons (Fsp3) is 0.304. The third-order valence-electron chi connectivity index (χ3n) is 9.11. The van der Waals surface area contributed by atoms with E-state index < -0.39 is 0 Å². The second-order valence-corrected chi connectivity index (χ2v) is 13.2. The van der Waals surface area contributed by atoms with Crippen molar-refractivity contribution in [2.75, 3.05) is 93.5 Å². The first-order valence-corrected chi connectivity index (χ1v) is 19.4. The normalized spacial score (nSPS) is 11.8. The molecule has 0 N–H and O–H groups in total. The van der Waals surface area contributed by atoms with Gasteiger partial charge in [0.2, 0.25) is 0 Å². The molecular formula is C46H48N4O8Zn. The smallest absolute Gasteiger partial charge is 0.657 e. The first-order valence-electron chi connectivity index (χ1n) is 19.4. The summed E-state index contributed by atoms with van der Waals surface area (Å²) in [4.78, 5) is 20.2. The van der Waals surface area contributed by atoms with E-state index in [1.807, 2.05) is 109 Å². The molecule has 0 fully saturated rings. The Morgan fingerprint density at radius 2 is 0.847 bits per heavy atom. The zero-order chi connectivity index (χ0) is 39.8. The van der Waals surface area contributed by atoms with E-state index in [0.717, 1.165) is 78.6 Å². The molecule has 12 nitrogen and oxygen atoms in total. The van der Waals surface area contributed by atoms with Gasteiger partial charge in [-0.1, -0.05) is 60.7 Å². The van der Waals surface area contributed by atoms with Gasteiger partial charge in [0.25, 0.3) is 0 Å². The molecule has 0 saturated heterocycles. The molecule has 2 aromatic carbocycles. The van der Waals surface area contributed by atoms with E-state index in [2.05, 4.69) is 0 Å². The summed E-state index contributed by atoms with van der Waals surface area (Å²) in [5.74, 6) is 1.45. The molecule has 0 atom stereocenters. The minimum atomic E-state index is 0. The predicted octanol–water partition coefficient (Wildman–Crippen LogP) is 7.36. The van der Waals surface area contributed by atoms with Gasteiger partial charge in [-0.25, -0.2) is 9.97 Å². The van der Waals surface area contributed by atoms with Crippen molar-refractivity contribution in [3.8, 4) is 33.8 Å². The third-order valence-corrected chi connectivity index (χ3v) is 9.11. The molecule has 13 heteroatoms. The van der Waals surface area contributed by atoms with Gasteiger partial charge in [-0.3, -0.25) is 0 Å². The molecule has 5 aromatic rings. The number of fused-ring (bicyclic) bond motifs is 8. The SMILES string of the molecule is COCCOCCOCCOc1cccc(-c2c3nc(cc4ccc([n-]4)c(-c4cccc(OCCOCCOCCOC)c4)c4nc(cc5ccc2[n-]5)C=C4)C=C3)c1.[Zn+2]. The van der Waals surface area contributed by atoms with Crippen molar-refractivity contribution >= 4 is 46.4 Å². The fourth-order valence-electron chi connectivity index (χ4n) is 6.40. The van der Waals surface area contributed by atoms with Crippen LogP contribution in [0.1, 0.15) is 22.8 Å². The van der Waals surface area contributed by atoms with Crippen LogP contribution < -0.4 is 19.4 Å². The summed E-state index contributed by atoms with van der Waals surface area (Å²) in [6.07, 6.45) is 8.05. The van der Waals surface area contributed by atoms with Gasteiger partial charge in [0.15, 0.2) is 0 Å². The van der Waals surface area contributed by atoms with Crippen LogP contribution in [0, 0.1) is 0 Å². The third kappa shape index (κ3) is 12.5. The number of aromatic nitrogens is 4. The maximum Gasteiger partial charge on any atom is 2.00 e. The quantitative estimate of drug-likeness (QED) is 0.0500. The van der Waals surface area contributed by atoms with E-state index >= 15 is 0 Å². The zero-order valence-electron chi connectivity index (χ0n) is 33.6. The van der Waals surface area contributed by atoms with Crippen molar-refractivity contribution in [1.82, 2.24) is 19.9 Å². The van der Waals surface area contributed by atoms with Crippen molar-refractivity contribution < 1.29 is 57.4 Å². The first-order chi connectivity index (χ1) is 28.7. The average Bonchev–Trinajstić information content (AvgIpc) is 4.08. The minimum Gasteiger partial charge on any atom is -0.657 e. The predicted molar refractivity (Wildman–Crippen MR) is 226 cm³/mol. The van der Waals surface area contributed by atoms with Crippen molar-refractivity contribution in [3.63, 3.8) is 0 Å². The molecule has 2 aliphatic heterocycles. The van der Waals surface area contributed by atoms with Crippen molar-refractivity contribution in [2.24, 2.45) is 0 Å². The Labute approximate surface area is 357 Å². The Morgan fingerprint density at radius 3 is 1.27 bits per heavy atom. The van der Waals surface area contributed by atoms with Crippen LogP contribution in [0.25, 0.3) is 68.6 Å². The van der Waals surface area contributed by atoms with Crippen LogP contribution in [0.5, 0.6) is 11.5 Å². The number of methoxy groups -OCH3 is 2. The van der Waals surface area contributed by atoms with E-state index in [1.165, 1.54) is 0 Å². The van der Waals surface area contributed by atoms with Gasteiger partial charge in [0.05, 0.1) is 88.8 Å². The van der Waals surface area contributed by atoms with E-state index in [9.17, 15) is 0 Å². The number of hydrogen-bond acceptors (Lipinski definition) is 10. The van der Waals surface area contributed by atoms with Crippen molar-refractivity contribution in [2.45, 2.75) is 0 Å². The summed E-state index contributed by atoms with van der Waals surface area (Å²) in [6.45, 7) is 5.93. The number of nitrogens with zero attached hydrogens (tertiary/aromatic N) is 4. The van der Waals surface area contributed by atoms with Gasteiger partial charge in [-0.15, -0.1) is 22.1 Å². The van der Waals surface area contributed by atoms with E-state index in [4.69, 9.17) is 57.8 Å². The maximum absolute atomic E-state index is 6.08. The molecule has 302 valence electrons. The van der Waals surface area contributed by atoms with Crippen molar-refractivity contribution in [1.29, 1.82) is 0 Å². The summed E-state index contributed by atoms with van der Waals surface area (Å²) in [5.41, 5.74) is 9.97. The molecule has 7 rings (SSSR count). The number of hydrogen-bond donors (Lipinski definition) is 0. The topological polar surface area (TPSA) is 128 Å². The van der Waals surface area contributed by atoms with Crippen molar-refractivity contribution in [3.05, 3.63) is 108 Å². The summed E-state index contributed by atoms with van der Waals surface area (Å²) in [5, 5.41) is 0. The van der Waals surface area contributed by atoms with Crippen LogP contribution in [0.15, 0.2) is 84.9 Å². The van der Waals surface area contributed by atoms with Gasteiger partial charge in [0, 0.05) is 14.2 Å². The molecule has 2 aliphatic rings. The summed E-state index contributed by atoms with van der Waals surface area (Å²) >= 11 is 0. The minimum absolute atomic E-state index is 0. The Morgan fingerprint density at radius 1 is 0.441 bits per heavy atom. The molecule has 59 heavy (non-hydrogen) atoms. The van der Waals surface area contributed by atoms with Gasteiger partial charge >= 0.3 is 19.5 Å². The Bertz CT molecular complexity index is 2180. The molecule has 0 amide bonds. The molecular weight excluding hydrogens is 802 g/mol. The molecule has 8 bridgehead atoms. The number of benzene rings is 2. The first kappa shape index (κ1) is 43.6. The Balaban J connectivity index is 0.00000585. The monoisotopic (exact) mass is 848 g/mol. The van der Waals surface area contributed by atoms with Crippen LogP contribution in [0.3, 0.4) is 0 Å². The maximum atomic E-state index is 6.08. The number of ether oxygens (including phenoxy) is 8. The standard InChI is InChI=1S/C46H48N4O8.Zn/c1-51-17-19-53-21-23-55-25-27-57-39-7-3-5-33(29-39)45-41-13-9-35(47-41)31-37-11-15-43(49-37)46(44-16-12-38(50-44)32-36-10-14-42(45)48-36)34-6-4-8-40(30-34)58-28-26-56-24-22-54-20-18-52-2;/h3-16,29-32H,17-28H2,1-2H3;/q-2;+2. The largest absolute Gasteiger partial charge is 2.00 e. The molecule has 0 aliphatic carbocycles.